The van der Waals surface area contributed by atoms with E-state index >= 15 is 0 Å². The van der Waals surface area contributed by atoms with Gasteiger partial charge in [-0.1, -0.05) is 24.3 Å². The van der Waals surface area contributed by atoms with Crippen LogP contribution in [-0.2, 0) is 22.4 Å². The summed E-state index contributed by atoms with van der Waals surface area (Å²) in [5, 5.41) is 17.1. The average Bonchev–Trinajstić information content (AvgIpc) is 2.82. The molecule has 4 N–H and O–H groups in total. The van der Waals surface area contributed by atoms with Crippen LogP contribution in [0.5, 0.6) is 0 Å². The molecule has 2 aromatic carbocycles. The first kappa shape index (κ1) is 24.6. The fourth-order valence-corrected chi connectivity index (χ4v) is 4.76. The van der Waals surface area contributed by atoms with Gasteiger partial charge >= 0.3 is 5.97 Å². The maximum atomic E-state index is 13.0. The smallest absolute Gasteiger partial charge is 0.326 e. The molecule has 33 heavy (non-hydrogen) atoms. The molecule has 8 heteroatoms. The summed E-state index contributed by atoms with van der Waals surface area (Å²) in [7, 11) is 0. The van der Waals surface area contributed by atoms with Crippen molar-refractivity contribution in [2.24, 2.45) is 5.73 Å². The van der Waals surface area contributed by atoms with E-state index in [1.807, 2.05) is 46.2 Å². The summed E-state index contributed by atoms with van der Waals surface area (Å²) in [6.45, 7) is 1.46. The molecular weight excluding hydrogens is 440 g/mol. The molecule has 2 aliphatic rings. The van der Waals surface area contributed by atoms with Gasteiger partial charge in [0.05, 0.1) is 0 Å². The van der Waals surface area contributed by atoms with E-state index in [0.717, 1.165) is 54.7 Å². The van der Waals surface area contributed by atoms with E-state index in [4.69, 9.17) is 11.1 Å². The van der Waals surface area contributed by atoms with Crippen LogP contribution in [0.3, 0.4) is 0 Å². The van der Waals surface area contributed by atoms with Crippen LogP contribution in [-0.4, -0.2) is 41.9 Å². The second-order valence-corrected chi connectivity index (χ2v) is 8.62. The second-order valence-electron chi connectivity index (χ2n) is 8.62. The minimum atomic E-state index is -0.768. The number of piperidine rings is 1. The van der Waals surface area contributed by atoms with Crippen molar-refractivity contribution in [2.75, 3.05) is 22.9 Å². The number of nitrogens with one attached hydrogen (secondary N) is 1. The third-order valence-electron chi connectivity index (χ3n) is 6.49. The molecule has 0 aliphatic carbocycles. The maximum Gasteiger partial charge on any atom is 0.326 e. The van der Waals surface area contributed by atoms with Crippen LogP contribution >= 0.6 is 12.4 Å². The van der Waals surface area contributed by atoms with E-state index in [1.54, 1.807) is 0 Å². The fourth-order valence-electron chi connectivity index (χ4n) is 4.76. The highest BCUT2D eigenvalue weighted by Gasteiger charge is 2.30. The number of carboxylic acid groups (broad SMARTS) is 1. The Hall–Kier alpha value is -3.06. The molecule has 2 aliphatic heterocycles. The van der Waals surface area contributed by atoms with Gasteiger partial charge in [-0.25, -0.2) is 4.79 Å². The molecule has 2 aromatic rings. The van der Waals surface area contributed by atoms with Crippen molar-refractivity contribution in [3.63, 3.8) is 0 Å². The van der Waals surface area contributed by atoms with Gasteiger partial charge in [0.1, 0.15) is 11.9 Å². The van der Waals surface area contributed by atoms with Gasteiger partial charge in [-0.15, -0.1) is 12.4 Å². The zero-order valence-corrected chi connectivity index (χ0v) is 19.4. The quantitative estimate of drug-likeness (QED) is 0.440. The molecule has 0 spiro atoms. The Kier molecular flexibility index (Phi) is 7.97. The van der Waals surface area contributed by atoms with Gasteiger partial charge in [0.2, 0.25) is 5.91 Å². The Labute approximate surface area is 200 Å². The predicted molar refractivity (Wildman–Crippen MR) is 133 cm³/mol. The van der Waals surface area contributed by atoms with Crippen LogP contribution in [0.15, 0.2) is 42.5 Å². The number of nitrogens with two attached hydrogens (primary N) is 1. The summed E-state index contributed by atoms with van der Waals surface area (Å²) in [5.41, 5.74) is 10.2. The van der Waals surface area contributed by atoms with E-state index in [2.05, 4.69) is 6.07 Å². The molecular formula is C25H31ClN4O3. The Bertz CT molecular complexity index is 1020. The van der Waals surface area contributed by atoms with Gasteiger partial charge < -0.3 is 20.6 Å². The van der Waals surface area contributed by atoms with Crippen molar-refractivity contribution in [1.82, 2.24) is 0 Å². The summed E-state index contributed by atoms with van der Waals surface area (Å²) in [5.74, 6) is -0.637. The lowest BCUT2D eigenvalue weighted by molar-refractivity contribution is -0.139. The number of carbonyl (C=O) groups excluding carboxylic acids is 1. The van der Waals surface area contributed by atoms with Crippen LogP contribution < -0.4 is 15.5 Å². The van der Waals surface area contributed by atoms with E-state index in [0.29, 0.717) is 31.4 Å². The number of amides is 1. The number of carbonyl (C=O) groups is 2. The van der Waals surface area contributed by atoms with Crippen molar-refractivity contribution < 1.29 is 14.7 Å². The van der Waals surface area contributed by atoms with Crippen molar-refractivity contribution in [3.05, 3.63) is 59.2 Å². The molecule has 1 fully saturated rings. The second kappa shape index (κ2) is 10.7. The lowest BCUT2D eigenvalue weighted by Crippen LogP contribution is -2.45. The molecule has 7 nitrogen and oxygen atoms in total. The molecule has 176 valence electrons. The summed E-state index contributed by atoms with van der Waals surface area (Å²) in [6, 6.07) is 13.0. The first-order valence-corrected chi connectivity index (χ1v) is 11.3. The molecule has 0 aromatic heterocycles. The van der Waals surface area contributed by atoms with E-state index in [9.17, 15) is 14.7 Å². The molecule has 4 rings (SSSR count). The minimum absolute atomic E-state index is 0. The Morgan fingerprint density at radius 3 is 2.52 bits per heavy atom. The van der Waals surface area contributed by atoms with Crippen molar-refractivity contribution >= 4 is 41.5 Å². The summed E-state index contributed by atoms with van der Waals surface area (Å²) >= 11 is 0. The normalized spacial score (nSPS) is 17.6. The van der Waals surface area contributed by atoms with Crippen LogP contribution in [0.25, 0.3) is 0 Å². The van der Waals surface area contributed by atoms with Gasteiger partial charge in [-0.05, 0) is 67.9 Å². The van der Waals surface area contributed by atoms with E-state index < -0.39 is 12.0 Å². The van der Waals surface area contributed by atoms with E-state index in [-0.39, 0.29) is 24.1 Å². The van der Waals surface area contributed by atoms with Gasteiger partial charge in [0, 0.05) is 36.4 Å². The number of anilines is 2. The number of carboxylic acids is 1. The number of hydrogen-bond acceptors (Lipinski definition) is 4. The Morgan fingerprint density at radius 1 is 1.06 bits per heavy atom. The first-order chi connectivity index (χ1) is 15.4. The number of aryl methyl sites for hydroxylation is 2. The highest BCUT2D eigenvalue weighted by atomic mass is 35.5. The number of nitrogen functional groups attached to an aromatic ring is 1. The fraction of sp³-hybridized carbons (Fsp3) is 0.400. The van der Waals surface area contributed by atoms with Crippen molar-refractivity contribution in [3.8, 4) is 0 Å². The molecule has 1 atom stereocenters. The number of nitrogens with zero attached hydrogens (tertiary/aromatic N) is 2. The summed E-state index contributed by atoms with van der Waals surface area (Å²) in [6.07, 6.45) is 5.45. The molecule has 1 unspecified atom stereocenters. The number of rotatable bonds is 6. The predicted octanol–water partition coefficient (Wildman–Crippen LogP) is 3.75. The van der Waals surface area contributed by atoms with Crippen LogP contribution in [0.1, 0.15) is 48.8 Å². The largest absolute Gasteiger partial charge is 0.480 e. The zero-order valence-electron chi connectivity index (χ0n) is 18.6. The van der Waals surface area contributed by atoms with Gasteiger partial charge in [0.15, 0.2) is 0 Å². The third kappa shape index (κ3) is 5.47. The van der Waals surface area contributed by atoms with Gasteiger partial charge in [0.25, 0.3) is 0 Å². The number of halogens is 1. The average molecular weight is 471 g/mol. The molecule has 1 amide bonds. The molecule has 0 bridgehead atoms. The van der Waals surface area contributed by atoms with Gasteiger partial charge in [-0.2, -0.15) is 0 Å². The molecule has 1 saturated heterocycles. The lowest BCUT2D eigenvalue weighted by Gasteiger charge is -2.36. The van der Waals surface area contributed by atoms with Crippen LogP contribution in [0, 0.1) is 5.41 Å². The molecule has 0 saturated carbocycles. The van der Waals surface area contributed by atoms with E-state index in [1.165, 1.54) is 0 Å². The topological polar surface area (TPSA) is 111 Å². The molecule has 0 radical (unpaired) electrons. The number of benzene rings is 2. The summed E-state index contributed by atoms with van der Waals surface area (Å²) in [4.78, 5) is 28.6. The van der Waals surface area contributed by atoms with Gasteiger partial charge in [-0.3, -0.25) is 10.2 Å². The SMILES string of the molecule is Cl.N=C(N)c1ccc(CCC(=O)N2CCCc3cc(N4CCCCC4C(=O)O)ccc32)cc1. The lowest BCUT2D eigenvalue weighted by atomic mass is 9.97. The number of hydrogen-bond donors (Lipinski definition) is 3. The highest BCUT2D eigenvalue weighted by Crippen LogP contribution is 2.34. The zero-order chi connectivity index (χ0) is 22.7. The number of aliphatic carboxylic acids is 1. The Morgan fingerprint density at radius 2 is 1.82 bits per heavy atom. The van der Waals surface area contributed by atoms with Crippen molar-refractivity contribution in [2.45, 2.75) is 51.0 Å². The summed E-state index contributed by atoms with van der Waals surface area (Å²) < 4.78 is 0. The number of fused-ring (bicyclic) bond motifs is 1. The highest BCUT2D eigenvalue weighted by molar-refractivity contribution is 5.96. The standard InChI is InChI=1S/C25H30N4O3.ClH/c26-24(27)18-9-6-17(7-10-18)8-13-23(30)29-15-3-4-19-16-20(11-12-21(19)29)28-14-2-1-5-22(28)25(31)32;/h6-7,9-12,16,22H,1-5,8,13-15H2,(H3,26,27)(H,31,32);1H. The monoisotopic (exact) mass is 470 g/mol. The first-order valence-electron chi connectivity index (χ1n) is 11.3. The molecule has 2 heterocycles. The number of amidine groups is 1. The van der Waals surface area contributed by atoms with Crippen LogP contribution in [0.4, 0.5) is 11.4 Å². The minimum Gasteiger partial charge on any atom is -0.480 e. The van der Waals surface area contributed by atoms with Crippen LogP contribution in [0.2, 0.25) is 0 Å². The third-order valence-corrected chi connectivity index (χ3v) is 6.49. The van der Waals surface area contributed by atoms with Crippen molar-refractivity contribution in [1.29, 1.82) is 5.41 Å². The maximum absolute atomic E-state index is 13.0. The Balaban J connectivity index is 0.00000306.